The largest absolute Gasteiger partial charge is 0.467 e. The number of halogens is 1. The van der Waals surface area contributed by atoms with E-state index in [9.17, 15) is 9.59 Å². The van der Waals surface area contributed by atoms with Crippen molar-refractivity contribution in [2.24, 2.45) is 11.8 Å². The van der Waals surface area contributed by atoms with E-state index in [4.69, 9.17) is 9.47 Å². The molecule has 7 heteroatoms. The minimum atomic E-state index is -1.13. The van der Waals surface area contributed by atoms with E-state index in [-0.39, 0.29) is 30.8 Å². The summed E-state index contributed by atoms with van der Waals surface area (Å²) in [7, 11) is 2.79. The lowest BCUT2D eigenvalue weighted by Gasteiger charge is -2.30. The Labute approximate surface area is 139 Å². The van der Waals surface area contributed by atoms with Crippen LogP contribution < -0.4 is 10.6 Å². The van der Waals surface area contributed by atoms with Gasteiger partial charge in [-0.15, -0.1) is 12.4 Å². The lowest BCUT2D eigenvalue weighted by Crippen LogP contribution is -2.56. The molecule has 3 atom stereocenters. The van der Waals surface area contributed by atoms with Crippen LogP contribution in [0.25, 0.3) is 0 Å². The maximum Gasteiger partial charge on any atom is 0.333 e. The number of methoxy groups -OCH3 is 2. The van der Waals surface area contributed by atoms with Gasteiger partial charge in [-0.2, -0.15) is 0 Å². The Morgan fingerprint density at radius 2 is 2.09 bits per heavy atom. The Balaban J connectivity index is 0.00000441. The van der Waals surface area contributed by atoms with E-state index in [1.165, 1.54) is 14.2 Å². The monoisotopic (exact) mass is 336 g/mol. The maximum atomic E-state index is 12.2. The first-order chi connectivity index (χ1) is 9.92. The average molecular weight is 337 g/mol. The molecule has 0 spiro atoms. The van der Waals surface area contributed by atoms with E-state index in [0.29, 0.717) is 12.3 Å². The summed E-state index contributed by atoms with van der Waals surface area (Å²) in [5.41, 5.74) is -1.13. The minimum Gasteiger partial charge on any atom is -0.467 e. The number of piperidine rings is 1. The fourth-order valence-electron chi connectivity index (χ4n) is 2.84. The molecule has 2 N–H and O–H groups in total. The highest BCUT2D eigenvalue weighted by Gasteiger charge is 2.36. The van der Waals surface area contributed by atoms with Crippen LogP contribution in [0.15, 0.2) is 0 Å². The van der Waals surface area contributed by atoms with E-state index in [1.54, 1.807) is 6.92 Å². The van der Waals surface area contributed by atoms with E-state index < -0.39 is 11.5 Å². The number of nitrogens with one attached hydrogen (secondary N) is 2. The van der Waals surface area contributed by atoms with Crippen molar-refractivity contribution in [2.75, 3.05) is 33.9 Å². The van der Waals surface area contributed by atoms with Gasteiger partial charge in [0.05, 0.1) is 13.7 Å². The molecule has 1 amide bonds. The number of carbonyl (C=O) groups excluding carboxylic acids is 2. The highest BCUT2D eigenvalue weighted by Crippen LogP contribution is 2.22. The van der Waals surface area contributed by atoms with Crippen molar-refractivity contribution in [3.05, 3.63) is 0 Å². The molecule has 1 fully saturated rings. The molecule has 0 bridgehead atoms. The molecule has 0 aromatic carbocycles. The lowest BCUT2D eigenvalue weighted by atomic mass is 9.85. The number of carbonyl (C=O) groups is 2. The number of hydrogen-bond donors (Lipinski definition) is 2. The average Bonchev–Trinajstić information content (AvgIpc) is 2.47. The Morgan fingerprint density at radius 1 is 1.41 bits per heavy atom. The fraction of sp³-hybridized carbons (Fsp3) is 0.867. The van der Waals surface area contributed by atoms with Gasteiger partial charge in [-0.3, -0.25) is 4.79 Å². The quantitative estimate of drug-likeness (QED) is 0.681. The van der Waals surface area contributed by atoms with Crippen LogP contribution in [0.2, 0.25) is 0 Å². The van der Waals surface area contributed by atoms with Crippen molar-refractivity contribution in [3.63, 3.8) is 0 Å². The summed E-state index contributed by atoms with van der Waals surface area (Å²) in [6.07, 6.45) is 2.70. The molecule has 0 aromatic rings. The van der Waals surface area contributed by atoms with Crippen LogP contribution in [-0.4, -0.2) is 51.3 Å². The van der Waals surface area contributed by atoms with Gasteiger partial charge in [-0.1, -0.05) is 6.92 Å². The number of hydrogen-bond acceptors (Lipinski definition) is 5. The molecule has 1 rings (SSSR count). The van der Waals surface area contributed by atoms with Gasteiger partial charge in [0, 0.05) is 13.5 Å². The molecular formula is C15H29ClN2O4. The zero-order valence-electron chi connectivity index (χ0n) is 13.9. The van der Waals surface area contributed by atoms with Crippen LogP contribution >= 0.6 is 12.4 Å². The van der Waals surface area contributed by atoms with Crippen LogP contribution in [0.1, 0.15) is 33.1 Å². The van der Waals surface area contributed by atoms with Crippen molar-refractivity contribution in [2.45, 2.75) is 38.6 Å². The van der Waals surface area contributed by atoms with Crippen molar-refractivity contribution in [3.8, 4) is 0 Å². The zero-order valence-corrected chi connectivity index (χ0v) is 14.8. The highest BCUT2D eigenvalue weighted by atomic mass is 35.5. The number of rotatable bonds is 7. The van der Waals surface area contributed by atoms with Crippen molar-refractivity contribution >= 4 is 24.3 Å². The summed E-state index contributed by atoms with van der Waals surface area (Å²) in [4.78, 5) is 24.0. The van der Waals surface area contributed by atoms with Gasteiger partial charge in [-0.05, 0) is 44.7 Å². The molecule has 3 unspecified atom stereocenters. The van der Waals surface area contributed by atoms with Crippen molar-refractivity contribution < 1.29 is 19.1 Å². The van der Waals surface area contributed by atoms with E-state index in [2.05, 4.69) is 17.6 Å². The lowest BCUT2D eigenvalue weighted by molar-refractivity contribution is -0.152. The van der Waals surface area contributed by atoms with Crippen molar-refractivity contribution in [1.29, 1.82) is 0 Å². The Hall–Kier alpha value is -0.850. The number of amides is 1. The van der Waals surface area contributed by atoms with Gasteiger partial charge in [-0.25, -0.2) is 4.79 Å². The third-order valence-corrected chi connectivity index (χ3v) is 4.13. The Kier molecular flexibility index (Phi) is 9.64. The van der Waals surface area contributed by atoms with Crippen LogP contribution in [-0.2, 0) is 19.1 Å². The summed E-state index contributed by atoms with van der Waals surface area (Å²) in [5.74, 6) is 0.154. The van der Waals surface area contributed by atoms with Crippen molar-refractivity contribution in [1.82, 2.24) is 10.6 Å². The standard InChI is InChI=1S/C15H28N2O4.ClH/c1-11(12-6-5-7-16-9-12)8-13(18)17-15(2,10-20-3)14(19)21-4;/h11-12,16H,5-10H2,1-4H3,(H,17,18);1H. The molecule has 0 radical (unpaired) electrons. The molecule has 1 aliphatic rings. The molecule has 22 heavy (non-hydrogen) atoms. The smallest absolute Gasteiger partial charge is 0.333 e. The van der Waals surface area contributed by atoms with E-state index >= 15 is 0 Å². The predicted octanol–water partition coefficient (Wildman–Crippen LogP) is 1.13. The van der Waals surface area contributed by atoms with E-state index in [0.717, 1.165) is 25.9 Å². The van der Waals surface area contributed by atoms with Crippen LogP contribution in [0.4, 0.5) is 0 Å². The summed E-state index contributed by atoms with van der Waals surface area (Å²) in [6, 6.07) is 0. The Bertz CT molecular complexity index is 361. The van der Waals surface area contributed by atoms with Gasteiger partial charge >= 0.3 is 5.97 Å². The second-order valence-electron chi connectivity index (χ2n) is 6.09. The van der Waals surface area contributed by atoms with Gasteiger partial charge in [0.1, 0.15) is 0 Å². The maximum absolute atomic E-state index is 12.2. The van der Waals surface area contributed by atoms with Crippen LogP contribution in [0.3, 0.4) is 0 Å². The molecule has 0 saturated carbocycles. The van der Waals surface area contributed by atoms with Gasteiger partial charge in [0.2, 0.25) is 5.91 Å². The van der Waals surface area contributed by atoms with Gasteiger partial charge < -0.3 is 20.1 Å². The third-order valence-electron chi connectivity index (χ3n) is 4.13. The molecular weight excluding hydrogens is 308 g/mol. The Morgan fingerprint density at radius 3 is 2.59 bits per heavy atom. The topological polar surface area (TPSA) is 76.7 Å². The predicted molar refractivity (Wildman–Crippen MR) is 87.1 cm³/mol. The molecule has 6 nitrogen and oxygen atoms in total. The fourth-order valence-corrected chi connectivity index (χ4v) is 2.84. The second-order valence-corrected chi connectivity index (χ2v) is 6.09. The first-order valence-electron chi connectivity index (χ1n) is 7.52. The SMILES string of the molecule is COCC(C)(NC(=O)CC(C)C1CCCNC1)C(=O)OC.Cl. The summed E-state index contributed by atoms with van der Waals surface area (Å²) in [6.45, 7) is 5.81. The first-order valence-corrected chi connectivity index (χ1v) is 7.52. The first kappa shape index (κ1) is 21.1. The number of esters is 1. The van der Waals surface area contributed by atoms with Crippen LogP contribution in [0.5, 0.6) is 0 Å². The van der Waals surface area contributed by atoms with E-state index in [1.807, 2.05) is 0 Å². The van der Waals surface area contributed by atoms with Crippen LogP contribution in [0, 0.1) is 11.8 Å². The normalized spacial score (nSPS) is 21.9. The van der Waals surface area contributed by atoms with Gasteiger partial charge in [0.15, 0.2) is 5.54 Å². The number of ether oxygens (including phenoxy) is 2. The molecule has 0 aliphatic carbocycles. The second kappa shape index (κ2) is 10.0. The molecule has 1 saturated heterocycles. The molecule has 1 aliphatic heterocycles. The zero-order chi connectivity index (χ0) is 15.9. The summed E-state index contributed by atoms with van der Waals surface area (Å²) < 4.78 is 9.77. The summed E-state index contributed by atoms with van der Waals surface area (Å²) in [5, 5.41) is 6.12. The summed E-state index contributed by atoms with van der Waals surface area (Å²) >= 11 is 0. The third kappa shape index (κ3) is 6.10. The molecule has 130 valence electrons. The van der Waals surface area contributed by atoms with Gasteiger partial charge in [0.25, 0.3) is 0 Å². The minimum absolute atomic E-state index is 0. The molecule has 1 heterocycles. The highest BCUT2D eigenvalue weighted by molar-refractivity contribution is 5.87. The molecule has 0 aromatic heterocycles.